The van der Waals surface area contributed by atoms with Gasteiger partial charge in [0.25, 0.3) is 5.89 Å². The lowest BCUT2D eigenvalue weighted by Gasteiger charge is -2.04. The van der Waals surface area contributed by atoms with Crippen LogP contribution in [0.1, 0.15) is 28.7 Å². The Kier molecular flexibility index (Phi) is 5.07. The first-order valence-electron chi connectivity index (χ1n) is 7.95. The monoisotopic (exact) mass is 351 g/mol. The van der Waals surface area contributed by atoms with E-state index >= 15 is 0 Å². The van der Waals surface area contributed by atoms with Gasteiger partial charge in [-0.15, -0.1) is 0 Å². The summed E-state index contributed by atoms with van der Waals surface area (Å²) in [5.41, 5.74) is 2.92. The molecule has 0 unspecified atom stereocenters. The third kappa shape index (κ3) is 4.32. The van der Waals surface area contributed by atoms with Crippen LogP contribution in [0.4, 0.5) is 5.69 Å². The molecule has 0 radical (unpaired) electrons. The Hall–Kier alpha value is -3.48. The molecule has 3 rings (SSSR count). The molecular formula is C19H17N3O4. The molecule has 26 heavy (non-hydrogen) atoms. The van der Waals surface area contributed by atoms with Crippen LogP contribution >= 0.6 is 0 Å². The Balaban J connectivity index is 1.59. The summed E-state index contributed by atoms with van der Waals surface area (Å²) in [5.74, 6) is -0.0462. The topological polar surface area (TPSA) is 94.3 Å². The second-order valence-electron chi connectivity index (χ2n) is 5.71. The fourth-order valence-corrected chi connectivity index (χ4v) is 2.24. The summed E-state index contributed by atoms with van der Waals surface area (Å²) in [6.07, 6.45) is 0. The van der Waals surface area contributed by atoms with Gasteiger partial charge in [0.1, 0.15) is 0 Å². The van der Waals surface area contributed by atoms with E-state index in [0.717, 1.165) is 11.1 Å². The van der Waals surface area contributed by atoms with E-state index in [2.05, 4.69) is 15.5 Å². The van der Waals surface area contributed by atoms with Gasteiger partial charge in [-0.25, -0.2) is 4.79 Å². The summed E-state index contributed by atoms with van der Waals surface area (Å²) in [4.78, 5) is 27.3. The number of nitrogens with one attached hydrogen (secondary N) is 1. The minimum Gasteiger partial charge on any atom is -0.452 e. The molecule has 0 fully saturated rings. The molecule has 3 aromatic rings. The zero-order chi connectivity index (χ0) is 18.5. The van der Waals surface area contributed by atoms with E-state index in [1.54, 1.807) is 24.3 Å². The maximum absolute atomic E-state index is 12.1. The van der Waals surface area contributed by atoms with Crippen LogP contribution in [0, 0.1) is 6.92 Å². The summed E-state index contributed by atoms with van der Waals surface area (Å²) in [7, 11) is 0. The first kappa shape index (κ1) is 17.3. The number of benzene rings is 2. The molecule has 7 heteroatoms. The smallest absolute Gasteiger partial charge is 0.338 e. The average Bonchev–Trinajstić information content (AvgIpc) is 3.09. The molecule has 1 aromatic heterocycles. The zero-order valence-corrected chi connectivity index (χ0v) is 14.4. The number of carbonyl (C=O) groups excluding carboxylic acids is 2. The van der Waals surface area contributed by atoms with Crippen LogP contribution < -0.4 is 5.32 Å². The van der Waals surface area contributed by atoms with Crippen molar-refractivity contribution in [3.63, 3.8) is 0 Å². The highest BCUT2D eigenvalue weighted by Crippen LogP contribution is 2.17. The summed E-state index contributed by atoms with van der Waals surface area (Å²) < 4.78 is 10.3. The summed E-state index contributed by atoms with van der Waals surface area (Å²) in [5, 5.41) is 6.51. The van der Waals surface area contributed by atoms with Crippen molar-refractivity contribution < 1.29 is 18.8 Å². The number of rotatable bonds is 5. The number of aryl methyl sites for hydroxylation is 1. The predicted molar refractivity (Wildman–Crippen MR) is 94.3 cm³/mol. The van der Waals surface area contributed by atoms with Crippen molar-refractivity contribution in [1.82, 2.24) is 10.1 Å². The summed E-state index contributed by atoms with van der Waals surface area (Å²) in [6.45, 7) is 3.29. The molecule has 0 atom stereocenters. The van der Waals surface area contributed by atoms with Gasteiger partial charge in [-0.1, -0.05) is 35.0 Å². The predicted octanol–water partition coefficient (Wildman–Crippen LogP) is 3.36. The van der Waals surface area contributed by atoms with Crippen LogP contribution in [0.5, 0.6) is 0 Å². The van der Waals surface area contributed by atoms with E-state index in [9.17, 15) is 9.59 Å². The number of anilines is 1. The molecule has 2 aromatic carbocycles. The number of aromatic nitrogens is 2. The third-order valence-corrected chi connectivity index (χ3v) is 3.55. The molecule has 0 saturated heterocycles. The molecule has 1 N–H and O–H groups in total. The molecule has 0 aliphatic heterocycles. The van der Waals surface area contributed by atoms with E-state index in [0.29, 0.717) is 17.1 Å². The summed E-state index contributed by atoms with van der Waals surface area (Å²) in [6, 6.07) is 14.1. The van der Waals surface area contributed by atoms with Crippen LogP contribution in [-0.2, 0) is 16.1 Å². The van der Waals surface area contributed by atoms with Crippen molar-refractivity contribution in [2.24, 2.45) is 0 Å². The van der Waals surface area contributed by atoms with Crippen molar-refractivity contribution in [2.75, 3.05) is 5.32 Å². The van der Waals surface area contributed by atoms with Crippen molar-refractivity contribution in [2.45, 2.75) is 20.5 Å². The molecule has 0 saturated carbocycles. The standard InChI is InChI=1S/C19H17N3O4/c1-12-3-5-14(6-4-12)18-21-17(26-22-18)11-25-19(24)15-7-9-16(10-8-15)20-13(2)23/h3-10H,11H2,1-2H3,(H,20,23). The van der Waals surface area contributed by atoms with Gasteiger partial charge in [-0.3, -0.25) is 4.79 Å². The highest BCUT2D eigenvalue weighted by Gasteiger charge is 2.12. The van der Waals surface area contributed by atoms with Gasteiger partial charge < -0.3 is 14.6 Å². The van der Waals surface area contributed by atoms with Gasteiger partial charge in [-0.2, -0.15) is 4.98 Å². The first-order chi connectivity index (χ1) is 12.5. The number of esters is 1. The van der Waals surface area contributed by atoms with E-state index in [-0.39, 0.29) is 18.4 Å². The van der Waals surface area contributed by atoms with Crippen molar-refractivity contribution in [3.05, 3.63) is 65.5 Å². The number of hydrogen-bond acceptors (Lipinski definition) is 6. The molecule has 1 heterocycles. The molecule has 1 amide bonds. The highest BCUT2D eigenvalue weighted by molar-refractivity contribution is 5.92. The lowest BCUT2D eigenvalue weighted by molar-refractivity contribution is -0.114. The van der Waals surface area contributed by atoms with Gasteiger partial charge in [0.2, 0.25) is 11.7 Å². The van der Waals surface area contributed by atoms with Crippen molar-refractivity contribution >= 4 is 17.6 Å². The number of ether oxygens (including phenoxy) is 1. The van der Waals surface area contributed by atoms with E-state index in [4.69, 9.17) is 9.26 Å². The molecule has 0 aliphatic rings. The Morgan fingerprint density at radius 3 is 2.42 bits per heavy atom. The molecule has 132 valence electrons. The Morgan fingerprint density at radius 2 is 1.77 bits per heavy atom. The number of nitrogens with zero attached hydrogens (tertiary/aromatic N) is 2. The second-order valence-corrected chi connectivity index (χ2v) is 5.71. The van der Waals surface area contributed by atoms with E-state index in [1.807, 2.05) is 31.2 Å². The van der Waals surface area contributed by atoms with Crippen molar-refractivity contribution in [1.29, 1.82) is 0 Å². The normalized spacial score (nSPS) is 10.4. The minimum absolute atomic E-state index is 0.120. The Bertz CT molecular complexity index is 915. The average molecular weight is 351 g/mol. The van der Waals surface area contributed by atoms with Crippen LogP contribution in [0.2, 0.25) is 0 Å². The van der Waals surface area contributed by atoms with Gasteiger partial charge in [-0.05, 0) is 31.2 Å². The third-order valence-electron chi connectivity index (χ3n) is 3.55. The largest absolute Gasteiger partial charge is 0.452 e. The Morgan fingerprint density at radius 1 is 1.08 bits per heavy atom. The molecule has 0 aliphatic carbocycles. The van der Waals surface area contributed by atoms with Crippen LogP contribution in [0.3, 0.4) is 0 Å². The maximum atomic E-state index is 12.1. The lowest BCUT2D eigenvalue weighted by atomic mass is 10.1. The fourth-order valence-electron chi connectivity index (χ4n) is 2.24. The molecule has 7 nitrogen and oxygen atoms in total. The fraction of sp³-hybridized carbons (Fsp3) is 0.158. The van der Waals surface area contributed by atoms with Crippen LogP contribution in [0.25, 0.3) is 11.4 Å². The van der Waals surface area contributed by atoms with Gasteiger partial charge in [0.05, 0.1) is 5.56 Å². The molecular weight excluding hydrogens is 334 g/mol. The first-order valence-corrected chi connectivity index (χ1v) is 7.95. The van der Waals surface area contributed by atoms with Crippen LogP contribution in [0.15, 0.2) is 53.1 Å². The number of amides is 1. The zero-order valence-electron chi connectivity index (χ0n) is 14.4. The van der Waals surface area contributed by atoms with Crippen molar-refractivity contribution in [3.8, 4) is 11.4 Å². The van der Waals surface area contributed by atoms with Crippen LogP contribution in [-0.4, -0.2) is 22.0 Å². The highest BCUT2D eigenvalue weighted by atomic mass is 16.6. The maximum Gasteiger partial charge on any atom is 0.338 e. The van der Waals surface area contributed by atoms with E-state index in [1.165, 1.54) is 6.92 Å². The van der Waals surface area contributed by atoms with Gasteiger partial charge in [0.15, 0.2) is 6.61 Å². The summed E-state index contributed by atoms with van der Waals surface area (Å²) >= 11 is 0. The number of hydrogen-bond donors (Lipinski definition) is 1. The number of carbonyl (C=O) groups is 2. The second kappa shape index (κ2) is 7.60. The lowest BCUT2D eigenvalue weighted by Crippen LogP contribution is -2.08. The van der Waals surface area contributed by atoms with Gasteiger partial charge in [0, 0.05) is 18.2 Å². The van der Waals surface area contributed by atoms with Gasteiger partial charge >= 0.3 is 5.97 Å². The minimum atomic E-state index is -0.519. The SMILES string of the molecule is CC(=O)Nc1ccc(C(=O)OCc2nc(-c3ccc(C)cc3)no2)cc1. The van der Waals surface area contributed by atoms with E-state index < -0.39 is 5.97 Å². The molecule has 0 spiro atoms. The molecule has 0 bridgehead atoms. The Labute approximate surface area is 150 Å². The quantitative estimate of drug-likeness (QED) is 0.708.